The first-order valence-electron chi connectivity index (χ1n) is 10.6. The number of ether oxygens (including phenoxy) is 2. The van der Waals surface area contributed by atoms with E-state index in [1.807, 2.05) is 61.5 Å². The van der Waals surface area contributed by atoms with Crippen LogP contribution >= 0.6 is 15.9 Å². The number of halogens is 1. The van der Waals surface area contributed by atoms with E-state index in [2.05, 4.69) is 26.0 Å². The van der Waals surface area contributed by atoms with Crippen molar-refractivity contribution in [3.05, 3.63) is 88.4 Å². The molecule has 3 rings (SSSR count). The van der Waals surface area contributed by atoms with Gasteiger partial charge in [-0.3, -0.25) is 4.79 Å². The Morgan fingerprint density at radius 3 is 2.21 bits per heavy atom. The standard InChI is InChI=1S/C25H27BrN2O5S/c1-17(19-9-11-20(26)12-10-19)27-25(29)22(15-18-7-5-4-6-8-18)28-34(30,31)21-13-14-23(32-2)24(16-21)33-3/h4-14,16-17,22,28H,15H2,1-3H3,(H,27,29). The summed E-state index contributed by atoms with van der Waals surface area (Å²) in [6.45, 7) is 1.85. The van der Waals surface area contributed by atoms with E-state index < -0.39 is 22.0 Å². The second kappa shape index (κ2) is 11.5. The number of carbonyl (C=O) groups is 1. The molecule has 180 valence electrons. The molecule has 0 aliphatic carbocycles. The molecule has 34 heavy (non-hydrogen) atoms. The molecule has 1 amide bonds. The van der Waals surface area contributed by atoms with Crippen molar-refractivity contribution in [2.75, 3.05) is 14.2 Å². The maximum atomic E-state index is 13.2. The molecule has 0 heterocycles. The molecule has 0 radical (unpaired) electrons. The van der Waals surface area contributed by atoms with E-state index in [1.54, 1.807) is 0 Å². The first kappa shape index (κ1) is 25.7. The average Bonchev–Trinajstić information content (AvgIpc) is 2.84. The highest BCUT2D eigenvalue weighted by molar-refractivity contribution is 9.10. The van der Waals surface area contributed by atoms with Gasteiger partial charge in [-0.1, -0.05) is 58.4 Å². The molecule has 0 aliphatic heterocycles. The van der Waals surface area contributed by atoms with Crippen molar-refractivity contribution < 1.29 is 22.7 Å². The normalized spacial score (nSPS) is 13.1. The van der Waals surface area contributed by atoms with Gasteiger partial charge in [-0.2, -0.15) is 4.72 Å². The largest absolute Gasteiger partial charge is 0.493 e. The molecule has 9 heteroatoms. The Bertz CT molecular complexity index is 1220. The summed E-state index contributed by atoms with van der Waals surface area (Å²) in [5.74, 6) is 0.255. The third-order valence-corrected chi connectivity index (χ3v) is 7.29. The number of rotatable bonds is 10. The second-order valence-corrected chi connectivity index (χ2v) is 10.3. The molecule has 2 unspecified atom stereocenters. The van der Waals surface area contributed by atoms with E-state index >= 15 is 0 Å². The highest BCUT2D eigenvalue weighted by Crippen LogP contribution is 2.29. The van der Waals surface area contributed by atoms with Crippen LogP contribution in [-0.2, 0) is 21.2 Å². The van der Waals surface area contributed by atoms with Crippen molar-refractivity contribution in [1.29, 1.82) is 0 Å². The van der Waals surface area contributed by atoms with Gasteiger partial charge in [0.05, 0.1) is 25.2 Å². The fourth-order valence-electron chi connectivity index (χ4n) is 3.43. The number of carbonyl (C=O) groups excluding carboxylic acids is 1. The van der Waals surface area contributed by atoms with Crippen molar-refractivity contribution in [3.63, 3.8) is 0 Å². The SMILES string of the molecule is COc1ccc(S(=O)(=O)NC(Cc2ccccc2)C(=O)NC(C)c2ccc(Br)cc2)cc1OC. The van der Waals surface area contributed by atoms with Gasteiger partial charge in [0.1, 0.15) is 6.04 Å². The summed E-state index contributed by atoms with van der Waals surface area (Å²) in [7, 11) is -1.14. The fourth-order valence-corrected chi connectivity index (χ4v) is 4.90. The van der Waals surface area contributed by atoms with Crippen LogP contribution in [0.3, 0.4) is 0 Å². The molecule has 2 N–H and O–H groups in total. The van der Waals surface area contributed by atoms with Gasteiger partial charge < -0.3 is 14.8 Å². The van der Waals surface area contributed by atoms with Gasteiger partial charge in [0.2, 0.25) is 15.9 Å². The molecule has 3 aromatic carbocycles. The van der Waals surface area contributed by atoms with Crippen molar-refractivity contribution in [1.82, 2.24) is 10.0 Å². The van der Waals surface area contributed by atoms with Gasteiger partial charge in [0, 0.05) is 10.5 Å². The van der Waals surface area contributed by atoms with E-state index in [0.717, 1.165) is 15.6 Å². The molecule has 7 nitrogen and oxygen atoms in total. The van der Waals surface area contributed by atoms with Crippen molar-refractivity contribution >= 4 is 31.9 Å². The van der Waals surface area contributed by atoms with Crippen molar-refractivity contribution in [2.45, 2.75) is 30.3 Å². The maximum absolute atomic E-state index is 13.2. The maximum Gasteiger partial charge on any atom is 0.241 e. The highest BCUT2D eigenvalue weighted by Gasteiger charge is 2.28. The Morgan fingerprint density at radius 1 is 0.941 bits per heavy atom. The minimum absolute atomic E-state index is 0.0306. The molecule has 0 fully saturated rings. The van der Waals surface area contributed by atoms with Gasteiger partial charge in [0.25, 0.3) is 0 Å². The first-order valence-corrected chi connectivity index (χ1v) is 12.8. The molecule has 0 bridgehead atoms. The summed E-state index contributed by atoms with van der Waals surface area (Å²) >= 11 is 3.40. The van der Waals surface area contributed by atoms with Crippen molar-refractivity contribution in [2.24, 2.45) is 0 Å². The van der Waals surface area contributed by atoms with Gasteiger partial charge >= 0.3 is 0 Å². The summed E-state index contributed by atoms with van der Waals surface area (Å²) in [4.78, 5) is 13.2. The second-order valence-electron chi connectivity index (χ2n) is 7.66. The molecule has 0 saturated carbocycles. The Hall–Kier alpha value is -2.88. The number of hydrogen-bond donors (Lipinski definition) is 2. The lowest BCUT2D eigenvalue weighted by Gasteiger charge is -2.22. The zero-order valence-electron chi connectivity index (χ0n) is 19.1. The Morgan fingerprint density at radius 2 is 1.59 bits per heavy atom. The number of nitrogens with one attached hydrogen (secondary N) is 2. The molecular formula is C25H27BrN2O5S. The molecule has 0 spiro atoms. The number of amides is 1. The zero-order valence-corrected chi connectivity index (χ0v) is 21.5. The lowest BCUT2D eigenvalue weighted by molar-refractivity contribution is -0.123. The Balaban J connectivity index is 1.86. The monoisotopic (exact) mass is 546 g/mol. The van der Waals surface area contributed by atoms with Crippen LogP contribution < -0.4 is 19.5 Å². The molecule has 0 aliphatic rings. The van der Waals surface area contributed by atoms with E-state index in [0.29, 0.717) is 5.75 Å². The van der Waals surface area contributed by atoms with E-state index in [-0.39, 0.29) is 23.1 Å². The van der Waals surface area contributed by atoms with Crippen LogP contribution in [0.25, 0.3) is 0 Å². The topological polar surface area (TPSA) is 93.7 Å². The summed E-state index contributed by atoms with van der Waals surface area (Å²) < 4.78 is 40.3. The number of sulfonamides is 1. The lowest BCUT2D eigenvalue weighted by atomic mass is 10.0. The van der Waals surface area contributed by atoms with Crippen LogP contribution in [0.15, 0.2) is 82.2 Å². The summed E-state index contributed by atoms with van der Waals surface area (Å²) in [6, 6.07) is 19.8. The first-order chi connectivity index (χ1) is 16.2. The van der Waals surface area contributed by atoms with Crippen LogP contribution in [0.2, 0.25) is 0 Å². The molecule has 3 aromatic rings. The van der Waals surface area contributed by atoms with Gasteiger partial charge in [-0.15, -0.1) is 0 Å². The quantitative estimate of drug-likeness (QED) is 0.396. The zero-order chi connectivity index (χ0) is 24.7. The summed E-state index contributed by atoms with van der Waals surface area (Å²) in [5.41, 5.74) is 1.73. The summed E-state index contributed by atoms with van der Waals surface area (Å²) in [5, 5.41) is 2.92. The summed E-state index contributed by atoms with van der Waals surface area (Å²) in [6.07, 6.45) is 0.187. The smallest absolute Gasteiger partial charge is 0.241 e. The predicted octanol–water partition coefficient (Wildman–Crippen LogP) is 4.23. The Kier molecular flexibility index (Phi) is 8.71. The lowest BCUT2D eigenvalue weighted by Crippen LogP contribution is -2.48. The van der Waals surface area contributed by atoms with Crippen LogP contribution in [0.5, 0.6) is 11.5 Å². The number of benzene rings is 3. The molecular weight excluding hydrogens is 520 g/mol. The van der Waals surface area contributed by atoms with Crippen LogP contribution in [0.1, 0.15) is 24.1 Å². The third-order valence-electron chi connectivity index (χ3n) is 5.29. The van der Waals surface area contributed by atoms with E-state index in [1.165, 1.54) is 32.4 Å². The van der Waals surface area contributed by atoms with E-state index in [9.17, 15) is 13.2 Å². The van der Waals surface area contributed by atoms with Crippen molar-refractivity contribution in [3.8, 4) is 11.5 Å². The fraction of sp³-hybridized carbons (Fsp3) is 0.240. The van der Waals surface area contributed by atoms with Gasteiger partial charge in [-0.25, -0.2) is 8.42 Å². The number of hydrogen-bond acceptors (Lipinski definition) is 5. The van der Waals surface area contributed by atoms with E-state index in [4.69, 9.17) is 9.47 Å². The molecule has 2 atom stereocenters. The van der Waals surface area contributed by atoms with Gasteiger partial charge in [0.15, 0.2) is 11.5 Å². The highest BCUT2D eigenvalue weighted by atomic mass is 79.9. The average molecular weight is 547 g/mol. The minimum atomic E-state index is -4.04. The van der Waals surface area contributed by atoms with Crippen LogP contribution in [-0.4, -0.2) is 34.6 Å². The van der Waals surface area contributed by atoms with Gasteiger partial charge in [-0.05, 0) is 48.7 Å². The minimum Gasteiger partial charge on any atom is -0.493 e. The Labute approximate surface area is 208 Å². The predicted molar refractivity (Wildman–Crippen MR) is 135 cm³/mol. The number of methoxy groups -OCH3 is 2. The van der Waals surface area contributed by atoms with Crippen LogP contribution in [0, 0.1) is 0 Å². The van der Waals surface area contributed by atoms with Crippen LogP contribution in [0.4, 0.5) is 0 Å². The third kappa shape index (κ3) is 6.59. The molecule has 0 aromatic heterocycles. The molecule has 0 saturated heterocycles.